The smallest absolute Gasteiger partial charge is 0.192 e. The molecule has 0 amide bonds. The predicted octanol–water partition coefficient (Wildman–Crippen LogP) is 2.43. The van der Waals surface area contributed by atoms with Crippen LogP contribution >= 0.6 is 0 Å². The number of aliphatic imine (C=N–C) groups is 1. The second-order valence-corrected chi connectivity index (χ2v) is 4.70. The van der Waals surface area contributed by atoms with Crippen molar-refractivity contribution in [2.75, 3.05) is 0 Å². The Balaban J connectivity index is 2.46. The fourth-order valence-electron chi connectivity index (χ4n) is 1.53. The lowest BCUT2D eigenvalue weighted by Gasteiger charge is -2.03. The van der Waals surface area contributed by atoms with Crippen LogP contribution in [0.25, 0.3) is 0 Å². The molecule has 1 aromatic rings. The van der Waals surface area contributed by atoms with E-state index in [1.165, 1.54) is 24.4 Å². The summed E-state index contributed by atoms with van der Waals surface area (Å²) in [6.45, 7) is 5.81. The predicted molar refractivity (Wildman–Crippen MR) is 89.7 cm³/mol. The van der Waals surface area contributed by atoms with Gasteiger partial charge in [0.1, 0.15) is 11.6 Å². The average Bonchev–Trinajstić information content (AvgIpc) is 2.93. The number of hydrogen-bond donors (Lipinski definition) is 2. The molecule has 4 N–H and O–H groups in total. The molecule has 0 saturated carbocycles. The Labute approximate surface area is 135 Å². The minimum atomic E-state index is -0.389. The molecule has 0 saturated heterocycles. The van der Waals surface area contributed by atoms with E-state index in [1.807, 2.05) is 13.2 Å². The molecule has 0 aromatic carbocycles. The van der Waals surface area contributed by atoms with Gasteiger partial charge in [0.05, 0.1) is 18.4 Å². The van der Waals surface area contributed by atoms with Crippen LogP contribution in [-0.4, -0.2) is 16.0 Å². The Kier molecular flexibility index (Phi) is 7.32. The van der Waals surface area contributed by atoms with Gasteiger partial charge in [0.25, 0.3) is 0 Å². The molecule has 0 aliphatic carbocycles. The van der Waals surface area contributed by atoms with Crippen LogP contribution in [-0.2, 0) is 18.3 Å². The molecule has 0 aliphatic heterocycles. The van der Waals surface area contributed by atoms with E-state index < -0.39 is 0 Å². The SMILES string of the molecule is C=C(/C=C\C(N)=C(\F)CC)O/C(N)=C/C=NCc1cnn(C)c1. The van der Waals surface area contributed by atoms with Gasteiger partial charge in [-0.05, 0) is 18.6 Å². The van der Waals surface area contributed by atoms with Gasteiger partial charge in [0, 0.05) is 31.1 Å². The number of aryl methyl sites for hydroxylation is 1. The number of aromatic nitrogens is 2. The van der Waals surface area contributed by atoms with Crippen molar-refractivity contribution in [2.45, 2.75) is 19.9 Å². The van der Waals surface area contributed by atoms with Crippen molar-refractivity contribution in [2.24, 2.45) is 23.5 Å². The second kappa shape index (κ2) is 9.24. The maximum atomic E-state index is 13.2. The number of ether oxygens (including phenoxy) is 1. The van der Waals surface area contributed by atoms with Crippen LogP contribution in [0.4, 0.5) is 4.39 Å². The van der Waals surface area contributed by atoms with Gasteiger partial charge in [0.2, 0.25) is 0 Å². The highest BCUT2D eigenvalue weighted by molar-refractivity contribution is 5.71. The number of nitrogens with two attached hydrogens (primary N) is 2. The molecule has 1 aromatic heterocycles. The summed E-state index contributed by atoms with van der Waals surface area (Å²) in [5.74, 6) is -0.0283. The molecular weight excluding hydrogens is 297 g/mol. The number of hydrogen-bond acceptors (Lipinski definition) is 5. The monoisotopic (exact) mass is 319 g/mol. The molecule has 0 aliphatic rings. The van der Waals surface area contributed by atoms with Crippen LogP contribution in [0, 0.1) is 0 Å². The lowest BCUT2D eigenvalue weighted by atomic mass is 10.3. The van der Waals surface area contributed by atoms with Crippen molar-refractivity contribution < 1.29 is 9.13 Å². The standard InChI is InChI=1S/C16H22FN5O/c1-4-14(17)15(18)6-5-12(2)23-16(19)7-8-20-9-13-10-21-22(3)11-13/h5-8,10-11H,2,4,9,18-19H2,1,3H3/b6-5-,15-14-,16-7+,20-8?. The van der Waals surface area contributed by atoms with Crippen LogP contribution in [0.1, 0.15) is 18.9 Å². The summed E-state index contributed by atoms with van der Waals surface area (Å²) in [5.41, 5.74) is 12.2. The zero-order valence-electron chi connectivity index (χ0n) is 13.4. The molecule has 6 nitrogen and oxygen atoms in total. The van der Waals surface area contributed by atoms with Crippen molar-refractivity contribution >= 4 is 6.21 Å². The van der Waals surface area contributed by atoms with Gasteiger partial charge in [-0.1, -0.05) is 13.5 Å². The fraction of sp³-hybridized carbons (Fsp3) is 0.250. The first-order valence-electron chi connectivity index (χ1n) is 7.04. The van der Waals surface area contributed by atoms with Crippen molar-refractivity contribution in [1.29, 1.82) is 0 Å². The van der Waals surface area contributed by atoms with Crippen LogP contribution < -0.4 is 11.5 Å². The fourth-order valence-corrected chi connectivity index (χ4v) is 1.53. The van der Waals surface area contributed by atoms with E-state index in [0.29, 0.717) is 6.54 Å². The minimum Gasteiger partial charge on any atom is -0.442 e. The molecule has 0 unspecified atom stereocenters. The third kappa shape index (κ3) is 7.12. The third-order valence-electron chi connectivity index (χ3n) is 2.70. The lowest BCUT2D eigenvalue weighted by molar-refractivity contribution is 0.318. The Morgan fingerprint density at radius 2 is 2.22 bits per heavy atom. The van der Waals surface area contributed by atoms with Gasteiger partial charge >= 0.3 is 0 Å². The maximum absolute atomic E-state index is 13.2. The van der Waals surface area contributed by atoms with E-state index in [2.05, 4.69) is 16.7 Å². The van der Waals surface area contributed by atoms with E-state index in [0.717, 1.165) is 5.56 Å². The summed E-state index contributed by atoms with van der Waals surface area (Å²) in [6, 6.07) is 0. The van der Waals surface area contributed by atoms with Gasteiger partial charge in [-0.15, -0.1) is 0 Å². The van der Waals surface area contributed by atoms with Gasteiger partial charge < -0.3 is 16.2 Å². The molecule has 1 rings (SSSR count). The molecule has 0 spiro atoms. The van der Waals surface area contributed by atoms with Crippen LogP contribution in [0.2, 0.25) is 0 Å². The Morgan fingerprint density at radius 1 is 1.48 bits per heavy atom. The highest BCUT2D eigenvalue weighted by Gasteiger charge is 1.97. The van der Waals surface area contributed by atoms with E-state index in [-0.39, 0.29) is 29.6 Å². The molecule has 0 bridgehead atoms. The van der Waals surface area contributed by atoms with Gasteiger partial charge in [-0.3, -0.25) is 9.67 Å². The molecule has 0 atom stereocenters. The second-order valence-electron chi connectivity index (χ2n) is 4.70. The number of halogens is 1. The van der Waals surface area contributed by atoms with Gasteiger partial charge in [0.15, 0.2) is 5.88 Å². The van der Waals surface area contributed by atoms with Crippen molar-refractivity contribution in [3.8, 4) is 0 Å². The number of allylic oxidation sites excluding steroid dienone is 4. The largest absolute Gasteiger partial charge is 0.442 e. The summed E-state index contributed by atoms with van der Waals surface area (Å²) in [5, 5.41) is 4.04. The first-order valence-corrected chi connectivity index (χ1v) is 7.04. The molecule has 0 fully saturated rings. The van der Waals surface area contributed by atoms with E-state index in [9.17, 15) is 4.39 Å². The van der Waals surface area contributed by atoms with E-state index in [1.54, 1.807) is 17.8 Å². The van der Waals surface area contributed by atoms with E-state index >= 15 is 0 Å². The summed E-state index contributed by atoms with van der Waals surface area (Å²) < 4.78 is 20.1. The normalized spacial score (nSPS) is 13.6. The molecular formula is C16H22FN5O. The summed E-state index contributed by atoms with van der Waals surface area (Å²) in [7, 11) is 1.84. The number of rotatable bonds is 8. The maximum Gasteiger partial charge on any atom is 0.192 e. The van der Waals surface area contributed by atoms with E-state index in [4.69, 9.17) is 16.2 Å². The first-order chi connectivity index (χ1) is 10.9. The molecule has 23 heavy (non-hydrogen) atoms. The third-order valence-corrected chi connectivity index (χ3v) is 2.70. The summed E-state index contributed by atoms with van der Waals surface area (Å²) >= 11 is 0. The molecule has 7 heteroatoms. The molecule has 0 radical (unpaired) electrons. The first kappa shape index (κ1) is 18.2. The lowest BCUT2D eigenvalue weighted by Crippen LogP contribution is -2.02. The topological polar surface area (TPSA) is 91.4 Å². The molecule has 124 valence electrons. The highest BCUT2D eigenvalue weighted by atomic mass is 19.1. The Hall–Kier alpha value is -2.83. The van der Waals surface area contributed by atoms with Gasteiger partial charge in [-0.25, -0.2) is 4.39 Å². The molecule has 1 heterocycles. The zero-order chi connectivity index (χ0) is 17.2. The van der Waals surface area contributed by atoms with Crippen LogP contribution in [0.15, 0.2) is 65.4 Å². The van der Waals surface area contributed by atoms with Crippen molar-refractivity contribution in [1.82, 2.24) is 9.78 Å². The minimum absolute atomic E-state index is 0.0397. The zero-order valence-corrected chi connectivity index (χ0v) is 13.4. The number of nitrogens with zero attached hydrogens (tertiary/aromatic N) is 3. The van der Waals surface area contributed by atoms with Crippen LogP contribution in [0.5, 0.6) is 0 Å². The van der Waals surface area contributed by atoms with Crippen molar-refractivity contribution in [3.05, 3.63) is 65.9 Å². The van der Waals surface area contributed by atoms with Crippen molar-refractivity contribution in [3.63, 3.8) is 0 Å². The summed E-state index contributed by atoms with van der Waals surface area (Å²) in [6.07, 6.45) is 9.70. The average molecular weight is 319 g/mol. The summed E-state index contributed by atoms with van der Waals surface area (Å²) in [4.78, 5) is 4.17. The quantitative estimate of drug-likeness (QED) is 0.437. The van der Waals surface area contributed by atoms with Crippen LogP contribution in [0.3, 0.4) is 0 Å². The highest BCUT2D eigenvalue weighted by Crippen LogP contribution is 2.08. The Bertz CT molecular complexity index is 655. The van der Waals surface area contributed by atoms with Gasteiger partial charge in [-0.2, -0.15) is 5.10 Å². The Morgan fingerprint density at radius 3 is 2.83 bits per heavy atom.